The quantitative estimate of drug-likeness (QED) is 0.857. The molecular formula is C12H19N3O2. The van der Waals surface area contributed by atoms with Gasteiger partial charge in [0.1, 0.15) is 6.26 Å². The summed E-state index contributed by atoms with van der Waals surface area (Å²) in [5.74, 6) is -0.0533. The number of nitrogens with zero attached hydrogens (tertiary/aromatic N) is 2. The summed E-state index contributed by atoms with van der Waals surface area (Å²) >= 11 is 0. The fourth-order valence-electron chi connectivity index (χ4n) is 2.15. The molecule has 5 nitrogen and oxygen atoms in total. The molecule has 1 amide bonds. The van der Waals surface area contributed by atoms with E-state index < -0.39 is 0 Å². The van der Waals surface area contributed by atoms with Crippen LogP contribution in [0.2, 0.25) is 0 Å². The highest BCUT2D eigenvalue weighted by Gasteiger charge is 2.25. The maximum Gasteiger partial charge on any atom is 0.276 e. The third kappa shape index (κ3) is 2.85. The smallest absolute Gasteiger partial charge is 0.276 e. The van der Waals surface area contributed by atoms with E-state index >= 15 is 0 Å². The Labute approximate surface area is 101 Å². The average Bonchev–Trinajstić information content (AvgIpc) is 2.97. The normalized spacial score (nSPS) is 19.8. The standard InChI is InChI=1S/C12H19N3O2/c1-9(2)15(8-10-4-3-6-13-10)12(16)11-5-7-17-14-11/h5,7,9-10,13H,3-4,6,8H2,1-2H3. The minimum atomic E-state index is -0.0533. The molecule has 94 valence electrons. The van der Waals surface area contributed by atoms with Crippen LogP contribution in [0, 0.1) is 0 Å². The Balaban J connectivity index is 2.03. The number of rotatable bonds is 4. The predicted molar refractivity (Wildman–Crippen MR) is 63.7 cm³/mol. The Morgan fingerprint density at radius 3 is 3.06 bits per heavy atom. The van der Waals surface area contributed by atoms with Crippen LogP contribution in [0.4, 0.5) is 0 Å². The van der Waals surface area contributed by atoms with E-state index in [-0.39, 0.29) is 11.9 Å². The Hall–Kier alpha value is -1.36. The number of aromatic nitrogens is 1. The van der Waals surface area contributed by atoms with Gasteiger partial charge in [-0.05, 0) is 33.2 Å². The van der Waals surface area contributed by atoms with Crippen LogP contribution in [0.25, 0.3) is 0 Å². The third-order valence-corrected chi connectivity index (χ3v) is 3.12. The van der Waals surface area contributed by atoms with Crippen LogP contribution in [-0.4, -0.2) is 41.1 Å². The number of carbonyl (C=O) groups is 1. The van der Waals surface area contributed by atoms with Gasteiger partial charge >= 0.3 is 0 Å². The SMILES string of the molecule is CC(C)N(CC1CCCN1)C(=O)c1ccon1. The lowest BCUT2D eigenvalue weighted by Crippen LogP contribution is -2.44. The van der Waals surface area contributed by atoms with Crippen molar-refractivity contribution in [2.75, 3.05) is 13.1 Å². The molecule has 1 unspecified atom stereocenters. The molecule has 1 saturated heterocycles. The monoisotopic (exact) mass is 237 g/mol. The number of hydrogen-bond acceptors (Lipinski definition) is 4. The molecule has 1 fully saturated rings. The molecule has 1 aromatic rings. The minimum absolute atomic E-state index is 0.0533. The van der Waals surface area contributed by atoms with E-state index in [4.69, 9.17) is 4.52 Å². The Kier molecular flexibility index (Phi) is 3.78. The first-order valence-corrected chi connectivity index (χ1v) is 6.13. The van der Waals surface area contributed by atoms with Gasteiger partial charge in [0.25, 0.3) is 5.91 Å². The second-order valence-electron chi connectivity index (χ2n) is 4.73. The van der Waals surface area contributed by atoms with Crippen LogP contribution in [-0.2, 0) is 0 Å². The van der Waals surface area contributed by atoms with Crippen molar-refractivity contribution in [3.05, 3.63) is 18.0 Å². The van der Waals surface area contributed by atoms with Crippen LogP contribution >= 0.6 is 0 Å². The van der Waals surface area contributed by atoms with Crippen LogP contribution < -0.4 is 5.32 Å². The van der Waals surface area contributed by atoms with Crippen molar-refractivity contribution in [3.8, 4) is 0 Å². The molecule has 0 bridgehead atoms. The topological polar surface area (TPSA) is 58.4 Å². The van der Waals surface area contributed by atoms with Crippen LogP contribution in [0.5, 0.6) is 0 Å². The summed E-state index contributed by atoms with van der Waals surface area (Å²) in [4.78, 5) is 14.1. The highest BCUT2D eigenvalue weighted by Crippen LogP contribution is 2.12. The van der Waals surface area contributed by atoms with Crippen LogP contribution in [0.15, 0.2) is 16.9 Å². The van der Waals surface area contributed by atoms with Crippen molar-refractivity contribution in [2.45, 2.75) is 38.8 Å². The molecule has 0 radical (unpaired) electrons. The van der Waals surface area contributed by atoms with E-state index in [1.807, 2.05) is 18.7 Å². The molecule has 0 spiro atoms. The molecule has 1 aliphatic rings. The largest absolute Gasteiger partial charge is 0.364 e. The van der Waals surface area contributed by atoms with Gasteiger partial charge in [-0.3, -0.25) is 4.79 Å². The molecule has 5 heteroatoms. The summed E-state index contributed by atoms with van der Waals surface area (Å²) in [6.45, 7) is 5.83. The highest BCUT2D eigenvalue weighted by molar-refractivity contribution is 5.92. The number of hydrogen-bond donors (Lipinski definition) is 1. The zero-order valence-electron chi connectivity index (χ0n) is 10.3. The lowest BCUT2D eigenvalue weighted by molar-refractivity contribution is 0.0678. The van der Waals surface area contributed by atoms with Gasteiger partial charge < -0.3 is 14.7 Å². The molecule has 2 heterocycles. The first-order chi connectivity index (χ1) is 8.18. The fourth-order valence-corrected chi connectivity index (χ4v) is 2.15. The van der Waals surface area contributed by atoms with Gasteiger partial charge in [-0.25, -0.2) is 0 Å². The van der Waals surface area contributed by atoms with Crippen molar-refractivity contribution < 1.29 is 9.32 Å². The number of nitrogens with one attached hydrogen (secondary N) is 1. The molecule has 0 aliphatic carbocycles. The fraction of sp³-hybridized carbons (Fsp3) is 0.667. The molecule has 0 aromatic carbocycles. The summed E-state index contributed by atoms with van der Waals surface area (Å²) in [6.07, 6.45) is 3.75. The third-order valence-electron chi connectivity index (χ3n) is 3.12. The maximum absolute atomic E-state index is 12.2. The Morgan fingerprint density at radius 2 is 2.53 bits per heavy atom. The zero-order chi connectivity index (χ0) is 12.3. The van der Waals surface area contributed by atoms with Crippen molar-refractivity contribution in [1.82, 2.24) is 15.4 Å². The Morgan fingerprint density at radius 1 is 1.71 bits per heavy atom. The van der Waals surface area contributed by atoms with Crippen LogP contribution in [0.1, 0.15) is 37.2 Å². The molecule has 1 aliphatic heterocycles. The van der Waals surface area contributed by atoms with Gasteiger partial charge in [0.15, 0.2) is 5.69 Å². The van der Waals surface area contributed by atoms with E-state index in [9.17, 15) is 4.79 Å². The summed E-state index contributed by atoms with van der Waals surface area (Å²) in [6, 6.07) is 2.19. The predicted octanol–water partition coefficient (Wildman–Crippen LogP) is 1.28. The molecule has 0 saturated carbocycles. The molecule has 1 N–H and O–H groups in total. The van der Waals surface area contributed by atoms with Crippen molar-refractivity contribution >= 4 is 5.91 Å². The zero-order valence-corrected chi connectivity index (χ0v) is 10.3. The van der Waals surface area contributed by atoms with E-state index in [0.717, 1.165) is 19.5 Å². The Bertz CT molecular complexity index is 356. The van der Waals surface area contributed by atoms with Crippen molar-refractivity contribution in [1.29, 1.82) is 0 Å². The van der Waals surface area contributed by atoms with E-state index in [1.54, 1.807) is 6.07 Å². The average molecular weight is 237 g/mol. The maximum atomic E-state index is 12.2. The van der Waals surface area contributed by atoms with E-state index in [2.05, 4.69) is 10.5 Å². The lowest BCUT2D eigenvalue weighted by Gasteiger charge is -2.28. The van der Waals surface area contributed by atoms with E-state index in [1.165, 1.54) is 12.7 Å². The molecule has 1 atom stereocenters. The molecule has 17 heavy (non-hydrogen) atoms. The molecule has 2 rings (SSSR count). The summed E-state index contributed by atoms with van der Waals surface area (Å²) in [5, 5.41) is 7.11. The second-order valence-corrected chi connectivity index (χ2v) is 4.73. The van der Waals surface area contributed by atoms with Gasteiger partial charge in [-0.1, -0.05) is 5.16 Å². The lowest BCUT2D eigenvalue weighted by atomic mass is 10.2. The minimum Gasteiger partial charge on any atom is -0.364 e. The highest BCUT2D eigenvalue weighted by atomic mass is 16.5. The number of amides is 1. The summed E-state index contributed by atoms with van der Waals surface area (Å²) in [7, 11) is 0. The summed E-state index contributed by atoms with van der Waals surface area (Å²) < 4.78 is 4.72. The second kappa shape index (κ2) is 5.31. The van der Waals surface area contributed by atoms with Gasteiger partial charge in [-0.15, -0.1) is 0 Å². The van der Waals surface area contributed by atoms with Crippen molar-refractivity contribution in [3.63, 3.8) is 0 Å². The summed E-state index contributed by atoms with van der Waals surface area (Å²) in [5.41, 5.74) is 0.386. The van der Waals surface area contributed by atoms with Gasteiger partial charge in [0, 0.05) is 24.7 Å². The van der Waals surface area contributed by atoms with Crippen LogP contribution in [0.3, 0.4) is 0 Å². The number of carbonyl (C=O) groups excluding carboxylic acids is 1. The van der Waals surface area contributed by atoms with Gasteiger partial charge in [-0.2, -0.15) is 0 Å². The van der Waals surface area contributed by atoms with Gasteiger partial charge in [0.2, 0.25) is 0 Å². The van der Waals surface area contributed by atoms with Crippen molar-refractivity contribution in [2.24, 2.45) is 0 Å². The van der Waals surface area contributed by atoms with Gasteiger partial charge in [0.05, 0.1) is 0 Å². The van der Waals surface area contributed by atoms with E-state index in [0.29, 0.717) is 11.7 Å². The first-order valence-electron chi connectivity index (χ1n) is 6.13. The molecular weight excluding hydrogens is 218 g/mol. The molecule has 1 aromatic heterocycles. The first kappa shape index (κ1) is 12.1.